The van der Waals surface area contributed by atoms with Crippen LogP contribution in [0.2, 0.25) is 0 Å². The van der Waals surface area contributed by atoms with Gasteiger partial charge in [0, 0.05) is 16.5 Å². The van der Waals surface area contributed by atoms with Gasteiger partial charge in [-0.15, -0.1) is 0 Å². The summed E-state index contributed by atoms with van der Waals surface area (Å²) >= 11 is 3.31. The molecule has 1 rings (SSSR count). The van der Waals surface area contributed by atoms with E-state index < -0.39 is 53.1 Å². The maximum absolute atomic E-state index is 13.2. The molecular formula is C25H34BrN2O7+. The number of nitrogens with zero attached hydrogens (tertiary/aromatic N) is 1. The van der Waals surface area contributed by atoms with Crippen molar-refractivity contribution in [2.75, 3.05) is 5.32 Å². The van der Waals surface area contributed by atoms with Gasteiger partial charge in [-0.2, -0.15) is 4.79 Å². The first-order valence-electron chi connectivity index (χ1n) is 11.0. The molecule has 0 heterocycles. The third kappa shape index (κ3) is 12.4. The first-order chi connectivity index (χ1) is 15.8. The Balaban J connectivity index is 3.25. The Hall–Kier alpha value is -2.93. The average Bonchev–Trinajstić information content (AvgIpc) is 2.60. The highest BCUT2D eigenvalue weighted by atomic mass is 79.9. The van der Waals surface area contributed by atoms with E-state index in [0.717, 1.165) is 0 Å². The smallest absolute Gasteiger partial charge is 0.459 e. The van der Waals surface area contributed by atoms with Crippen molar-refractivity contribution in [3.8, 4) is 6.07 Å². The van der Waals surface area contributed by atoms with E-state index >= 15 is 0 Å². The molecule has 0 radical (unpaired) electrons. The van der Waals surface area contributed by atoms with E-state index in [-0.39, 0.29) is 11.3 Å². The Morgan fingerprint density at radius 1 is 0.914 bits per heavy atom. The number of nitrogens with one attached hydrogen (secondary N) is 1. The number of carbonyl (C=O) groups excluding carboxylic acids is 4. The van der Waals surface area contributed by atoms with Gasteiger partial charge in [-0.3, -0.25) is 14.9 Å². The second-order valence-corrected chi connectivity index (χ2v) is 11.7. The number of anilines is 1. The lowest BCUT2D eigenvalue weighted by atomic mass is 9.98. The molecule has 0 spiro atoms. The molecule has 35 heavy (non-hydrogen) atoms. The third-order valence-corrected chi connectivity index (χ3v) is 4.20. The van der Waals surface area contributed by atoms with Crippen LogP contribution in [0.15, 0.2) is 22.7 Å². The van der Waals surface area contributed by atoms with Crippen LogP contribution in [-0.2, 0) is 19.0 Å². The Morgan fingerprint density at radius 3 is 1.97 bits per heavy atom. The quantitative estimate of drug-likeness (QED) is 0.248. The van der Waals surface area contributed by atoms with E-state index in [1.54, 1.807) is 68.4 Å². The molecule has 1 atom stereocenters. The summed E-state index contributed by atoms with van der Waals surface area (Å²) in [6, 6.07) is 7.06. The Labute approximate surface area is 214 Å². The molecule has 192 valence electrons. The summed E-state index contributed by atoms with van der Waals surface area (Å²) in [6.45, 7) is 15.2. The summed E-state index contributed by atoms with van der Waals surface area (Å²) in [6.07, 6.45) is -2.10. The van der Waals surface area contributed by atoms with Crippen LogP contribution in [0, 0.1) is 12.0 Å². The Kier molecular flexibility index (Phi) is 10.0. The molecule has 0 aliphatic rings. The van der Waals surface area contributed by atoms with Crippen LogP contribution in [0.4, 0.5) is 15.3 Å². The number of Topliss-reactive ketones (excluding diaryl/α,β-unsaturated/α-hetero) is 1. The zero-order valence-corrected chi connectivity index (χ0v) is 23.3. The van der Waals surface area contributed by atoms with Gasteiger partial charge in [0.25, 0.3) is 0 Å². The topological polar surface area (TPSA) is 112 Å². The SMILES string of the molecule is CC(C)(C)OC(=O)[N+]#CC(CC(=O)c1ccc(Br)cc1NC(=O)OC(C)(C)C)C(=O)OC(C)(C)C. The molecule has 0 aliphatic carbocycles. The summed E-state index contributed by atoms with van der Waals surface area (Å²) in [5, 5.41) is 2.56. The van der Waals surface area contributed by atoms with E-state index in [0.29, 0.717) is 4.47 Å². The highest BCUT2D eigenvalue weighted by molar-refractivity contribution is 9.10. The van der Waals surface area contributed by atoms with Crippen molar-refractivity contribution in [2.24, 2.45) is 5.92 Å². The fourth-order valence-electron chi connectivity index (χ4n) is 2.54. The van der Waals surface area contributed by atoms with Gasteiger partial charge in [-0.25, -0.2) is 4.79 Å². The lowest BCUT2D eigenvalue weighted by molar-refractivity contribution is -0.157. The van der Waals surface area contributed by atoms with Crippen molar-refractivity contribution in [3.63, 3.8) is 0 Å². The van der Waals surface area contributed by atoms with Crippen LogP contribution in [0.3, 0.4) is 0 Å². The van der Waals surface area contributed by atoms with Crippen LogP contribution in [0.5, 0.6) is 0 Å². The Bertz CT molecular complexity index is 1040. The zero-order chi connectivity index (χ0) is 27.2. The number of rotatable bonds is 5. The molecule has 0 fully saturated rings. The minimum Gasteiger partial charge on any atom is -0.459 e. The summed E-state index contributed by atoms with van der Waals surface area (Å²) in [5.41, 5.74) is -2.06. The minimum absolute atomic E-state index is 0.131. The highest BCUT2D eigenvalue weighted by Gasteiger charge is 2.33. The van der Waals surface area contributed by atoms with E-state index in [2.05, 4.69) is 32.2 Å². The van der Waals surface area contributed by atoms with E-state index in [9.17, 15) is 19.2 Å². The molecule has 2 amide bonds. The van der Waals surface area contributed by atoms with Gasteiger partial charge in [-0.1, -0.05) is 15.9 Å². The molecule has 1 aromatic rings. The molecule has 1 aromatic carbocycles. The second-order valence-electron chi connectivity index (χ2n) is 10.8. The fourth-order valence-corrected chi connectivity index (χ4v) is 2.90. The van der Waals surface area contributed by atoms with Gasteiger partial charge in [-0.05, 0) is 80.5 Å². The second kappa shape index (κ2) is 11.7. The third-order valence-electron chi connectivity index (χ3n) is 3.70. The van der Waals surface area contributed by atoms with Crippen LogP contribution in [0.25, 0.3) is 4.85 Å². The van der Waals surface area contributed by atoms with Crippen LogP contribution in [0.1, 0.15) is 79.1 Å². The van der Waals surface area contributed by atoms with Crippen molar-refractivity contribution in [1.29, 1.82) is 0 Å². The van der Waals surface area contributed by atoms with Crippen molar-refractivity contribution >= 4 is 45.6 Å². The number of amides is 2. The summed E-state index contributed by atoms with van der Waals surface area (Å²) in [7, 11) is 0. The summed E-state index contributed by atoms with van der Waals surface area (Å²) in [5.74, 6) is -2.57. The van der Waals surface area contributed by atoms with E-state index in [1.165, 1.54) is 12.1 Å². The van der Waals surface area contributed by atoms with Gasteiger partial charge >= 0.3 is 24.2 Å². The van der Waals surface area contributed by atoms with Crippen molar-refractivity contribution in [3.05, 3.63) is 33.1 Å². The first kappa shape index (κ1) is 30.1. The number of ketones is 1. The maximum Gasteiger partial charge on any atom is 0.728 e. The Morgan fingerprint density at radius 2 is 1.46 bits per heavy atom. The van der Waals surface area contributed by atoms with Gasteiger partial charge in [0.2, 0.25) is 0 Å². The molecule has 0 bridgehead atoms. The van der Waals surface area contributed by atoms with Crippen LogP contribution < -0.4 is 5.32 Å². The molecule has 1 N–H and O–H groups in total. The largest absolute Gasteiger partial charge is 0.728 e. The lowest BCUT2D eigenvalue weighted by Crippen LogP contribution is -2.30. The molecular weight excluding hydrogens is 520 g/mol. The first-order valence-corrected chi connectivity index (χ1v) is 11.8. The molecule has 1 unspecified atom stereocenters. The summed E-state index contributed by atoms with van der Waals surface area (Å²) < 4.78 is 16.4. The molecule has 0 aliphatic heterocycles. The van der Waals surface area contributed by atoms with E-state index in [1.807, 2.05) is 0 Å². The number of halogens is 1. The predicted octanol–water partition coefficient (Wildman–Crippen LogP) is 6.59. The van der Waals surface area contributed by atoms with Crippen molar-refractivity contribution in [2.45, 2.75) is 85.5 Å². The van der Waals surface area contributed by atoms with Gasteiger partial charge in [0.1, 0.15) is 16.8 Å². The molecule has 9 nitrogen and oxygen atoms in total. The number of carbonyl (C=O) groups is 4. The molecule has 0 aromatic heterocycles. The number of ether oxygens (including phenoxy) is 3. The van der Waals surface area contributed by atoms with Gasteiger partial charge in [0.15, 0.2) is 11.7 Å². The fraction of sp³-hybridized carbons (Fsp3) is 0.560. The number of hydrogen-bond acceptors (Lipinski definition) is 7. The number of hydrogen-bond donors (Lipinski definition) is 1. The summed E-state index contributed by atoms with van der Waals surface area (Å²) in [4.78, 5) is 53.8. The number of benzene rings is 1. The van der Waals surface area contributed by atoms with Crippen molar-refractivity contribution in [1.82, 2.24) is 0 Å². The molecule has 10 heteroatoms. The zero-order valence-electron chi connectivity index (χ0n) is 21.7. The monoisotopic (exact) mass is 553 g/mol. The average molecular weight is 554 g/mol. The molecule has 0 saturated carbocycles. The van der Waals surface area contributed by atoms with E-state index in [4.69, 9.17) is 14.2 Å². The highest BCUT2D eigenvalue weighted by Crippen LogP contribution is 2.26. The number of esters is 1. The van der Waals surface area contributed by atoms with Crippen LogP contribution in [-0.4, -0.2) is 40.7 Å². The standard InChI is InChI=1S/C25H33BrN2O7/c1-23(2,3)33-20(30)15(14-27-21(31)34-24(4,5)6)12-19(29)17-11-10-16(26)13-18(17)28-22(32)35-25(7,8)9/h10-11,13,15H,12H2,1-9H3/p+1. The predicted molar refractivity (Wildman–Crippen MR) is 136 cm³/mol. The normalized spacial score (nSPS) is 12.5. The van der Waals surface area contributed by atoms with Crippen LogP contribution >= 0.6 is 15.9 Å². The van der Waals surface area contributed by atoms with Gasteiger partial charge < -0.3 is 14.2 Å². The molecule has 0 saturated heterocycles. The minimum atomic E-state index is -1.28. The van der Waals surface area contributed by atoms with Crippen molar-refractivity contribution < 1.29 is 33.4 Å². The van der Waals surface area contributed by atoms with Gasteiger partial charge in [0.05, 0.1) is 10.5 Å². The lowest BCUT2D eigenvalue weighted by Gasteiger charge is -2.21. The maximum atomic E-state index is 13.2.